The van der Waals surface area contributed by atoms with Gasteiger partial charge < -0.3 is 0 Å². The molecule has 0 amide bonds. The second-order valence-corrected chi connectivity index (χ2v) is 4.78. The van der Waals surface area contributed by atoms with Crippen molar-refractivity contribution in [2.24, 2.45) is 0 Å². The zero-order chi connectivity index (χ0) is 9.78. The van der Waals surface area contributed by atoms with Gasteiger partial charge in [0.05, 0.1) is 0 Å². The second kappa shape index (κ2) is 11.8. The summed E-state index contributed by atoms with van der Waals surface area (Å²) in [6.07, 6.45) is 17.4. The molecule has 0 aromatic rings. The van der Waals surface area contributed by atoms with Crippen LogP contribution in [-0.4, -0.2) is 10.2 Å². The van der Waals surface area contributed by atoms with Crippen LogP contribution >= 0.6 is 0 Å². The Hall–Kier alpha value is -0.223. The maximum absolute atomic E-state index is 5.18. The normalized spacial score (nSPS) is 10.1. The third-order valence-electron chi connectivity index (χ3n) is 2.42. The van der Waals surface area contributed by atoms with Gasteiger partial charge in [-0.05, 0) is 6.42 Å². The summed E-state index contributed by atoms with van der Waals surface area (Å²) in [4.78, 5) is 0. The van der Waals surface area contributed by atoms with Crippen LogP contribution in [0.3, 0.4) is 0 Å². The van der Waals surface area contributed by atoms with Gasteiger partial charge in [-0.15, -0.1) is 12.3 Å². The van der Waals surface area contributed by atoms with Crippen molar-refractivity contribution in [3.63, 3.8) is 0 Å². The number of unbranched alkanes of at least 4 members (excludes halogenated alkanes) is 8. The predicted octanol–water partition coefficient (Wildman–Crippen LogP) is 2.91. The highest BCUT2D eigenvalue weighted by molar-refractivity contribution is 6.08. The minimum Gasteiger partial charge on any atom is -0.120 e. The Bertz CT molecular complexity index is 124. The lowest BCUT2D eigenvalue weighted by Gasteiger charge is -1.99. The first kappa shape index (κ1) is 12.8. The first-order valence-electron chi connectivity index (χ1n) is 5.85. The van der Waals surface area contributed by atoms with E-state index in [1.54, 1.807) is 0 Å². The molecule has 0 atom stereocenters. The van der Waals surface area contributed by atoms with Gasteiger partial charge >= 0.3 is 0 Å². The van der Waals surface area contributed by atoms with Crippen LogP contribution in [0, 0.1) is 12.3 Å². The molecule has 0 unspecified atom stereocenters. The number of terminal acetylenes is 1. The zero-order valence-electron chi connectivity index (χ0n) is 9.15. The van der Waals surface area contributed by atoms with Crippen LogP contribution in [0.4, 0.5) is 0 Å². The molecule has 0 saturated heterocycles. The summed E-state index contributed by atoms with van der Waals surface area (Å²) in [6, 6.07) is 1.49. The lowest BCUT2D eigenvalue weighted by atomic mass is 10.1. The minimum absolute atomic E-state index is 0.973. The van der Waals surface area contributed by atoms with E-state index in [-0.39, 0.29) is 0 Å². The average molecular weight is 196 g/mol. The largest absolute Gasteiger partial charge is 0.120 e. The van der Waals surface area contributed by atoms with E-state index in [0.717, 1.165) is 6.42 Å². The Balaban J connectivity index is 2.80. The summed E-state index contributed by atoms with van der Waals surface area (Å²) >= 11 is 0. The fourth-order valence-electron chi connectivity index (χ4n) is 1.54. The van der Waals surface area contributed by atoms with Gasteiger partial charge in [-0.1, -0.05) is 51.0 Å². The van der Waals surface area contributed by atoms with Crippen molar-refractivity contribution in [2.75, 3.05) is 0 Å². The lowest BCUT2D eigenvalue weighted by Crippen LogP contribution is -1.81. The van der Waals surface area contributed by atoms with Crippen molar-refractivity contribution in [1.82, 2.24) is 0 Å². The van der Waals surface area contributed by atoms with E-state index in [4.69, 9.17) is 6.42 Å². The molecule has 1 heteroatoms. The summed E-state index contributed by atoms with van der Waals surface area (Å²) in [5.41, 5.74) is 0. The first-order chi connectivity index (χ1) is 6.41. The molecule has 0 rings (SSSR count). The lowest BCUT2D eigenvalue weighted by molar-refractivity contribution is 0.579. The molecule has 0 bridgehead atoms. The van der Waals surface area contributed by atoms with E-state index in [1.807, 2.05) is 0 Å². The van der Waals surface area contributed by atoms with E-state index >= 15 is 0 Å². The SMILES string of the molecule is C#CCCCCCCCCCC[SiH3]. The molecule has 0 aliphatic rings. The fraction of sp³-hybridized carbons (Fsp3) is 0.833. The van der Waals surface area contributed by atoms with Gasteiger partial charge in [0, 0.05) is 16.7 Å². The first-order valence-corrected chi connectivity index (χ1v) is 7.26. The average Bonchev–Trinajstić information content (AvgIpc) is 2.16. The van der Waals surface area contributed by atoms with E-state index in [1.165, 1.54) is 67.7 Å². The van der Waals surface area contributed by atoms with Crippen LogP contribution in [0.1, 0.15) is 57.8 Å². The van der Waals surface area contributed by atoms with Crippen LogP contribution in [-0.2, 0) is 0 Å². The number of rotatable bonds is 9. The van der Waals surface area contributed by atoms with Gasteiger partial charge in [-0.25, -0.2) is 0 Å². The highest BCUT2D eigenvalue weighted by atomic mass is 28.1. The standard InChI is InChI=1S/C12H24Si/c1-2-3-4-5-6-7-8-9-10-11-12-13/h1H,3-12H2,13H3. The molecule has 0 nitrogen and oxygen atoms in total. The summed E-state index contributed by atoms with van der Waals surface area (Å²) < 4.78 is 0. The molecule has 0 saturated carbocycles. The quantitative estimate of drug-likeness (QED) is 0.302. The molecule has 0 aliphatic carbocycles. The van der Waals surface area contributed by atoms with Gasteiger partial charge in [-0.3, -0.25) is 0 Å². The van der Waals surface area contributed by atoms with Gasteiger partial charge in [0.1, 0.15) is 0 Å². The van der Waals surface area contributed by atoms with Crippen molar-refractivity contribution < 1.29 is 0 Å². The molecule has 0 fully saturated rings. The van der Waals surface area contributed by atoms with Crippen LogP contribution < -0.4 is 0 Å². The summed E-state index contributed by atoms with van der Waals surface area (Å²) in [7, 11) is 1.39. The highest BCUT2D eigenvalue weighted by Gasteiger charge is 1.90. The Morgan fingerprint density at radius 3 is 1.69 bits per heavy atom. The van der Waals surface area contributed by atoms with E-state index in [2.05, 4.69) is 5.92 Å². The molecule has 0 aliphatic heterocycles. The van der Waals surface area contributed by atoms with Crippen LogP contribution in [0.2, 0.25) is 6.04 Å². The number of hydrogen-bond acceptors (Lipinski definition) is 0. The Kier molecular flexibility index (Phi) is 11.6. The molecule has 0 aromatic heterocycles. The Labute approximate surface area is 86.9 Å². The van der Waals surface area contributed by atoms with Gasteiger partial charge in [0.25, 0.3) is 0 Å². The Morgan fingerprint density at radius 1 is 0.769 bits per heavy atom. The monoisotopic (exact) mass is 196 g/mol. The number of hydrogen-bond donors (Lipinski definition) is 0. The van der Waals surface area contributed by atoms with E-state index < -0.39 is 0 Å². The summed E-state index contributed by atoms with van der Waals surface area (Å²) in [6.45, 7) is 0. The maximum Gasteiger partial charge on any atom is 0.00860 e. The molecule has 0 aromatic carbocycles. The fourth-order valence-corrected chi connectivity index (χ4v) is 2.04. The van der Waals surface area contributed by atoms with Crippen molar-refractivity contribution >= 4 is 10.2 Å². The molecule has 0 heterocycles. The second-order valence-electron chi connectivity index (χ2n) is 3.78. The third kappa shape index (κ3) is 11.8. The van der Waals surface area contributed by atoms with Crippen molar-refractivity contribution in [3.8, 4) is 12.3 Å². The minimum atomic E-state index is 0.973. The highest BCUT2D eigenvalue weighted by Crippen LogP contribution is 2.09. The summed E-state index contributed by atoms with van der Waals surface area (Å²) in [5, 5.41) is 0. The molecule has 0 N–H and O–H groups in total. The molecular weight excluding hydrogens is 172 g/mol. The van der Waals surface area contributed by atoms with E-state index in [9.17, 15) is 0 Å². The molecule has 0 spiro atoms. The van der Waals surface area contributed by atoms with Crippen LogP contribution in [0.25, 0.3) is 0 Å². The smallest absolute Gasteiger partial charge is 0.00860 e. The van der Waals surface area contributed by atoms with Crippen molar-refractivity contribution in [2.45, 2.75) is 63.8 Å². The maximum atomic E-state index is 5.18. The van der Waals surface area contributed by atoms with Gasteiger partial charge in [0.2, 0.25) is 0 Å². The molecule has 0 radical (unpaired) electrons. The zero-order valence-corrected chi connectivity index (χ0v) is 11.1. The van der Waals surface area contributed by atoms with Crippen LogP contribution in [0.5, 0.6) is 0 Å². The van der Waals surface area contributed by atoms with Gasteiger partial charge in [-0.2, -0.15) is 0 Å². The predicted molar refractivity (Wildman–Crippen MR) is 65.1 cm³/mol. The molecule has 76 valence electrons. The third-order valence-corrected chi connectivity index (χ3v) is 3.13. The van der Waals surface area contributed by atoms with Crippen LogP contribution in [0.15, 0.2) is 0 Å². The molecular formula is C12H24Si. The van der Waals surface area contributed by atoms with Crippen molar-refractivity contribution in [3.05, 3.63) is 0 Å². The topological polar surface area (TPSA) is 0 Å². The van der Waals surface area contributed by atoms with Crippen molar-refractivity contribution in [1.29, 1.82) is 0 Å². The van der Waals surface area contributed by atoms with E-state index in [0.29, 0.717) is 0 Å². The Morgan fingerprint density at radius 2 is 1.23 bits per heavy atom. The van der Waals surface area contributed by atoms with Gasteiger partial charge in [0.15, 0.2) is 0 Å². The molecule has 13 heavy (non-hydrogen) atoms. The summed E-state index contributed by atoms with van der Waals surface area (Å²) in [5.74, 6) is 2.69.